The number of ketones is 1. The standard InChI is InChI=1S/C23H18FN3O2/c24-17-9-8-16(19(25)13-17)12-22(28)14-4-6-15(7-5-14)23(29)27-21-3-1-2-20-18(21)10-11-26-20/h1-11,13,26H,12,25H2,(H,27,29). The van der Waals surface area contributed by atoms with Gasteiger partial charge in [-0.05, 0) is 48.0 Å². The molecule has 0 aliphatic heterocycles. The Morgan fingerprint density at radius 2 is 1.72 bits per heavy atom. The number of aromatic amines is 1. The van der Waals surface area contributed by atoms with Gasteiger partial charge in [0, 0.05) is 40.3 Å². The van der Waals surface area contributed by atoms with E-state index in [1.54, 1.807) is 24.3 Å². The molecule has 0 aliphatic rings. The summed E-state index contributed by atoms with van der Waals surface area (Å²) in [6, 6.07) is 17.9. The van der Waals surface area contributed by atoms with Crippen LogP contribution in [0.4, 0.5) is 15.8 Å². The highest BCUT2D eigenvalue weighted by Gasteiger charge is 2.13. The molecule has 0 radical (unpaired) electrons. The number of fused-ring (bicyclic) bond motifs is 1. The maximum absolute atomic E-state index is 13.1. The monoisotopic (exact) mass is 387 g/mol. The van der Waals surface area contributed by atoms with E-state index in [1.165, 1.54) is 18.2 Å². The van der Waals surface area contributed by atoms with E-state index in [0.29, 0.717) is 22.4 Å². The normalized spacial score (nSPS) is 10.8. The molecule has 1 aromatic heterocycles. The van der Waals surface area contributed by atoms with Crippen LogP contribution in [0.15, 0.2) is 72.9 Å². The number of hydrogen-bond acceptors (Lipinski definition) is 3. The van der Waals surface area contributed by atoms with Crippen molar-refractivity contribution in [2.24, 2.45) is 0 Å². The molecule has 1 amide bonds. The molecular formula is C23H18FN3O2. The molecule has 5 nitrogen and oxygen atoms in total. The highest BCUT2D eigenvalue weighted by molar-refractivity contribution is 6.09. The van der Waals surface area contributed by atoms with Crippen LogP contribution in [0.5, 0.6) is 0 Å². The lowest BCUT2D eigenvalue weighted by Gasteiger charge is -2.08. The maximum Gasteiger partial charge on any atom is 0.255 e. The molecule has 0 unspecified atom stereocenters. The Morgan fingerprint density at radius 1 is 0.966 bits per heavy atom. The van der Waals surface area contributed by atoms with Crippen LogP contribution in [0.3, 0.4) is 0 Å². The van der Waals surface area contributed by atoms with Crippen molar-refractivity contribution >= 4 is 34.0 Å². The zero-order valence-electron chi connectivity index (χ0n) is 15.4. The van der Waals surface area contributed by atoms with Crippen molar-refractivity contribution in [3.05, 3.63) is 95.4 Å². The largest absolute Gasteiger partial charge is 0.398 e. The second-order valence-corrected chi connectivity index (χ2v) is 6.72. The number of Topliss-reactive ketones (excluding diaryl/α,β-unsaturated/α-hetero) is 1. The van der Waals surface area contributed by atoms with Crippen LogP contribution in [-0.4, -0.2) is 16.7 Å². The fraction of sp³-hybridized carbons (Fsp3) is 0.0435. The van der Waals surface area contributed by atoms with Crippen LogP contribution in [0.2, 0.25) is 0 Å². The summed E-state index contributed by atoms with van der Waals surface area (Å²) in [6.45, 7) is 0. The van der Waals surface area contributed by atoms with Gasteiger partial charge >= 0.3 is 0 Å². The number of aromatic nitrogens is 1. The van der Waals surface area contributed by atoms with Crippen molar-refractivity contribution in [1.82, 2.24) is 4.98 Å². The van der Waals surface area contributed by atoms with E-state index in [4.69, 9.17) is 5.73 Å². The second-order valence-electron chi connectivity index (χ2n) is 6.72. The van der Waals surface area contributed by atoms with Crippen molar-refractivity contribution in [3.63, 3.8) is 0 Å². The molecule has 0 aliphatic carbocycles. The summed E-state index contributed by atoms with van der Waals surface area (Å²) in [4.78, 5) is 28.2. The quantitative estimate of drug-likeness (QED) is 0.346. The predicted molar refractivity (Wildman–Crippen MR) is 112 cm³/mol. The molecule has 4 N–H and O–H groups in total. The lowest BCUT2D eigenvalue weighted by molar-refractivity contribution is 0.0989. The van der Waals surface area contributed by atoms with Gasteiger partial charge in [-0.15, -0.1) is 0 Å². The Hall–Kier alpha value is -3.93. The third-order valence-electron chi connectivity index (χ3n) is 4.77. The number of hydrogen-bond donors (Lipinski definition) is 3. The first-order chi connectivity index (χ1) is 14.0. The van der Waals surface area contributed by atoms with Crippen LogP contribution in [-0.2, 0) is 6.42 Å². The first kappa shape index (κ1) is 18.4. The Kier molecular flexibility index (Phi) is 4.83. The van der Waals surface area contributed by atoms with Crippen LogP contribution in [0.25, 0.3) is 10.9 Å². The number of nitrogens with one attached hydrogen (secondary N) is 2. The zero-order valence-corrected chi connectivity index (χ0v) is 15.4. The number of anilines is 2. The lowest BCUT2D eigenvalue weighted by atomic mass is 10.0. The molecule has 1 heterocycles. The number of benzene rings is 3. The molecule has 3 aromatic carbocycles. The van der Waals surface area contributed by atoms with Gasteiger partial charge in [-0.2, -0.15) is 0 Å². The minimum absolute atomic E-state index is 0.0626. The first-order valence-electron chi connectivity index (χ1n) is 9.06. The lowest BCUT2D eigenvalue weighted by Crippen LogP contribution is -2.12. The molecule has 0 saturated carbocycles. The molecular weight excluding hydrogens is 369 g/mol. The van der Waals surface area contributed by atoms with E-state index in [9.17, 15) is 14.0 Å². The summed E-state index contributed by atoms with van der Waals surface area (Å²) >= 11 is 0. The van der Waals surface area contributed by atoms with Gasteiger partial charge in [0.1, 0.15) is 5.82 Å². The van der Waals surface area contributed by atoms with E-state index in [0.717, 1.165) is 10.9 Å². The van der Waals surface area contributed by atoms with Gasteiger partial charge in [0.05, 0.1) is 5.69 Å². The smallest absolute Gasteiger partial charge is 0.255 e. The van der Waals surface area contributed by atoms with Crippen molar-refractivity contribution in [2.45, 2.75) is 6.42 Å². The van der Waals surface area contributed by atoms with Crippen molar-refractivity contribution in [3.8, 4) is 0 Å². The van der Waals surface area contributed by atoms with Crippen molar-refractivity contribution in [2.75, 3.05) is 11.1 Å². The Morgan fingerprint density at radius 3 is 2.48 bits per heavy atom. The number of nitrogens with two attached hydrogens (primary N) is 1. The predicted octanol–water partition coefficient (Wildman–Crippen LogP) is 4.57. The number of H-pyrrole nitrogens is 1. The SMILES string of the molecule is Nc1cc(F)ccc1CC(=O)c1ccc(C(=O)Nc2cccc3[nH]ccc23)cc1. The molecule has 4 aromatic rings. The number of rotatable bonds is 5. The number of halogens is 1. The summed E-state index contributed by atoms with van der Waals surface area (Å²) in [5.41, 5.74) is 9.12. The van der Waals surface area contributed by atoms with Gasteiger partial charge < -0.3 is 16.0 Å². The number of amides is 1. The molecule has 0 spiro atoms. The minimum atomic E-state index is -0.440. The van der Waals surface area contributed by atoms with Gasteiger partial charge in [0.2, 0.25) is 0 Å². The average Bonchev–Trinajstić information content (AvgIpc) is 3.20. The van der Waals surface area contributed by atoms with Crippen molar-refractivity contribution < 1.29 is 14.0 Å². The number of carbonyl (C=O) groups is 2. The van der Waals surface area contributed by atoms with Gasteiger partial charge in [0.25, 0.3) is 5.91 Å². The molecule has 29 heavy (non-hydrogen) atoms. The van der Waals surface area contributed by atoms with Crippen LogP contribution < -0.4 is 11.1 Å². The topological polar surface area (TPSA) is 88.0 Å². The Labute approximate surface area is 166 Å². The van der Waals surface area contributed by atoms with Gasteiger partial charge in [-0.3, -0.25) is 9.59 Å². The van der Waals surface area contributed by atoms with E-state index in [1.807, 2.05) is 30.5 Å². The summed E-state index contributed by atoms with van der Waals surface area (Å²) in [6.07, 6.45) is 1.88. The van der Waals surface area contributed by atoms with Gasteiger partial charge in [-0.1, -0.05) is 24.3 Å². The summed E-state index contributed by atoms with van der Waals surface area (Å²) in [5.74, 6) is -0.864. The van der Waals surface area contributed by atoms with Crippen molar-refractivity contribution in [1.29, 1.82) is 0 Å². The molecule has 4 rings (SSSR count). The third-order valence-corrected chi connectivity index (χ3v) is 4.77. The van der Waals surface area contributed by atoms with E-state index in [2.05, 4.69) is 10.3 Å². The van der Waals surface area contributed by atoms with E-state index < -0.39 is 5.82 Å². The van der Waals surface area contributed by atoms with Gasteiger partial charge in [-0.25, -0.2) is 4.39 Å². The average molecular weight is 387 g/mol. The third kappa shape index (κ3) is 3.87. The summed E-state index contributed by atoms with van der Waals surface area (Å²) < 4.78 is 13.1. The molecule has 0 bridgehead atoms. The van der Waals surface area contributed by atoms with E-state index >= 15 is 0 Å². The molecule has 0 fully saturated rings. The first-order valence-corrected chi connectivity index (χ1v) is 9.06. The summed E-state index contributed by atoms with van der Waals surface area (Å²) in [5, 5.41) is 3.81. The van der Waals surface area contributed by atoms with Crippen LogP contribution in [0, 0.1) is 5.82 Å². The minimum Gasteiger partial charge on any atom is -0.398 e. The highest BCUT2D eigenvalue weighted by atomic mass is 19.1. The molecule has 0 atom stereocenters. The molecule has 0 saturated heterocycles. The number of carbonyl (C=O) groups excluding carboxylic acids is 2. The summed E-state index contributed by atoms with van der Waals surface area (Å²) in [7, 11) is 0. The highest BCUT2D eigenvalue weighted by Crippen LogP contribution is 2.23. The maximum atomic E-state index is 13.1. The second kappa shape index (κ2) is 7.59. The zero-order chi connectivity index (χ0) is 20.4. The molecule has 144 valence electrons. The molecule has 6 heteroatoms. The van der Waals surface area contributed by atoms with Crippen LogP contribution >= 0.6 is 0 Å². The van der Waals surface area contributed by atoms with Gasteiger partial charge in [0.15, 0.2) is 5.78 Å². The Balaban J connectivity index is 1.47. The fourth-order valence-electron chi connectivity index (χ4n) is 3.20. The number of nitrogen functional groups attached to an aromatic ring is 1. The van der Waals surface area contributed by atoms with E-state index in [-0.39, 0.29) is 23.8 Å². The fourth-order valence-corrected chi connectivity index (χ4v) is 3.20. The Bertz CT molecular complexity index is 1210. The van der Waals surface area contributed by atoms with Crippen LogP contribution in [0.1, 0.15) is 26.3 Å².